The summed E-state index contributed by atoms with van der Waals surface area (Å²) in [5.74, 6) is 2.65. The van der Waals surface area contributed by atoms with Gasteiger partial charge in [-0.05, 0) is 12.8 Å². The Hall–Kier alpha value is 0.550. The molecule has 0 bridgehead atoms. The monoisotopic (exact) mass is 257 g/mol. The van der Waals surface area contributed by atoms with Crippen molar-refractivity contribution in [3.05, 3.63) is 0 Å². The molecule has 0 aromatic carbocycles. The van der Waals surface area contributed by atoms with Gasteiger partial charge in [0.25, 0.3) is 0 Å². The minimum atomic E-state index is -2.99. The molecule has 0 saturated carbocycles. The van der Waals surface area contributed by atoms with Crippen LogP contribution in [-0.2, 0) is 10.0 Å². The second-order valence-electron chi connectivity index (χ2n) is 3.22. The molecule has 3 nitrogen and oxygen atoms in total. The Morgan fingerprint density at radius 2 is 1.86 bits per heavy atom. The largest absolute Gasteiger partial charge is 0.214 e. The number of hydrogen-bond donors (Lipinski definition) is 0. The predicted octanol–water partition coefficient (Wildman–Crippen LogP) is 1.38. The van der Waals surface area contributed by atoms with Gasteiger partial charge in [0.15, 0.2) is 0 Å². The van der Waals surface area contributed by atoms with Crippen LogP contribution < -0.4 is 0 Å². The topological polar surface area (TPSA) is 37.4 Å². The van der Waals surface area contributed by atoms with E-state index in [1.54, 1.807) is 4.31 Å². The number of hydrogen-bond acceptors (Lipinski definition) is 3. The molecule has 0 radical (unpaired) electrons. The second kappa shape index (κ2) is 6.20. The standard InChI is InChI=1S/C8H16ClNO2S2/c9-3-1-2-8-14(11,12)10-4-6-13-7-5-10/h1-8H2. The highest BCUT2D eigenvalue weighted by Crippen LogP contribution is 2.14. The molecule has 1 heterocycles. The summed E-state index contributed by atoms with van der Waals surface area (Å²) >= 11 is 7.32. The van der Waals surface area contributed by atoms with E-state index in [9.17, 15) is 8.42 Å². The first-order valence-corrected chi connectivity index (χ1v) is 8.08. The third-order valence-corrected chi connectivity index (χ3v) is 5.32. The van der Waals surface area contributed by atoms with E-state index in [2.05, 4.69) is 0 Å². The summed E-state index contributed by atoms with van der Waals surface area (Å²) in [5, 5.41) is 0. The lowest BCUT2D eigenvalue weighted by molar-refractivity contribution is 0.442. The molecule has 14 heavy (non-hydrogen) atoms. The Morgan fingerprint density at radius 3 is 2.43 bits per heavy atom. The highest BCUT2D eigenvalue weighted by Gasteiger charge is 2.23. The zero-order valence-electron chi connectivity index (χ0n) is 8.12. The number of halogens is 1. The fourth-order valence-electron chi connectivity index (χ4n) is 1.33. The number of nitrogens with zero attached hydrogens (tertiary/aromatic N) is 1. The van der Waals surface area contributed by atoms with E-state index in [0.717, 1.165) is 17.9 Å². The molecular weight excluding hydrogens is 242 g/mol. The zero-order valence-corrected chi connectivity index (χ0v) is 10.5. The Labute approximate surface area is 95.2 Å². The summed E-state index contributed by atoms with van der Waals surface area (Å²) in [6, 6.07) is 0. The van der Waals surface area contributed by atoms with Gasteiger partial charge in [-0.1, -0.05) is 0 Å². The number of thioether (sulfide) groups is 1. The number of sulfonamides is 1. The lowest BCUT2D eigenvalue weighted by Gasteiger charge is -2.25. The number of alkyl halides is 1. The van der Waals surface area contributed by atoms with Crippen molar-refractivity contribution in [1.82, 2.24) is 4.31 Å². The fourth-order valence-corrected chi connectivity index (χ4v) is 4.22. The lowest BCUT2D eigenvalue weighted by Crippen LogP contribution is -2.39. The quantitative estimate of drug-likeness (QED) is 0.552. The minimum Gasteiger partial charge on any atom is -0.212 e. The first kappa shape index (κ1) is 12.6. The van der Waals surface area contributed by atoms with Crippen LogP contribution in [0.3, 0.4) is 0 Å². The van der Waals surface area contributed by atoms with E-state index in [4.69, 9.17) is 11.6 Å². The molecule has 0 spiro atoms. The summed E-state index contributed by atoms with van der Waals surface area (Å²) in [4.78, 5) is 0. The van der Waals surface area contributed by atoms with Crippen molar-refractivity contribution in [2.75, 3.05) is 36.2 Å². The molecule has 0 atom stereocenters. The van der Waals surface area contributed by atoms with E-state index >= 15 is 0 Å². The van der Waals surface area contributed by atoms with Crippen LogP contribution >= 0.6 is 23.4 Å². The Balaban J connectivity index is 2.38. The van der Waals surface area contributed by atoms with Crippen molar-refractivity contribution in [2.24, 2.45) is 0 Å². The molecule has 1 rings (SSSR count). The van der Waals surface area contributed by atoms with Crippen LogP contribution in [0, 0.1) is 0 Å². The van der Waals surface area contributed by atoms with E-state index in [-0.39, 0.29) is 5.75 Å². The molecule has 0 aliphatic carbocycles. The van der Waals surface area contributed by atoms with Gasteiger partial charge < -0.3 is 0 Å². The molecule has 0 aromatic rings. The smallest absolute Gasteiger partial charge is 0.212 e. The van der Waals surface area contributed by atoms with Crippen LogP contribution in [0.4, 0.5) is 0 Å². The third kappa shape index (κ3) is 3.96. The van der Waals surface area contributed by atoms with Gasteiger partial charge in [0, 0.05) is 30.5 Å². The minimum absolute atomic E-state index is 0.254. The molecule has 0 unspecified atom stereocenters. The van der Waals surface area contributed by atoms with Gasteiger partial charge in [-0.25, -0.2) is 12.7 Å². The Morgan fingerprint density at radius 1 is 1.21 bits per heavy atom. The van der Waals surface area contributed by atoms with Crippen LogP contribution in [0.1, 0.15) is 12.8 Å². The third-order valence-electron chi connectivity index (χ3n) is 2.15. The fraction of sp³-hybridized carbons (Fsp3) is 1.00. The van der Waals surface area contributed by atoms with Gasteiger partial charge in [0.05, 0.1) is 5.75 Å². The highest BCUT2D eigenvalue weighted by atomic mass is 35.5. The van der Waals surface area contributed by atoms with Crippen LogP contribution in [0.5, 0.6) is 0 Å². The average Bonchev–Trinajstić information content (AvgIpc) is 2.19. The predicted molar refractivity (Wildman–Crippen MR) is 62.6 cm³/mol. The first-order valence-electron chi connectivity index (χ1n) is 4.78. The first-order chi connectivity index (χ1) is 6.67. The van der Waals surface area contributed by atoms with E-state index < -0.39 is 10.0 Å². The molecule has 6 heteroatoms. The Bertz CT molecular complexity index is 250. The van der Waals surface area contributed by atoms with E-state index in [1.807, 2.05) is 11.8 Å². The van der Waals surface area contributed by atoms with Gasteiger partial charge in [0.1, 0.15) is 0 Å². The maximum absolute atomic E-state index is 11.7. The van der Waals surface area contributed by atoms with Crippen LogP contribution in [0.25, 0.3) is 0 Å². The highest BCUT2D eigenvalue weighted by molar-refractivity contribution is 7.99. The maximum Gasteiger partial charge on any atom is 0.214 e. The molecule has 0 aromatic heterocycles. The summed E-state index contributed by atoms with van der Waals surface area (Å²) in [6.45, 7) is 1.35. The van der Waals surface area contributed by atoms with Crippen molar-refractivity contribution in [1.29, 1.82) is 0 Å². The van der Waals surface area contributed by atoms with Crippen LogP contribution in [-0.4, -0.2) is 49.0 Å². The lowest BCUT2D eigenvalue weighted by atomic mass is 10.4. The normalized spacial score (nSPS) is 19.8. The van der Waals surface area contributed by atoms with Gasteiger partial charge in [-0.3, -0.25) is 0 Å². The van der Waals surface area contributed by atoms with Crippen molar-refractivity contribution >= 4 is 33.4 Å². The number of rotatable bonds is 5. The Kier molecular flexibility index (Phi) is 5.59. The number of unbranched alkanes of at least 4 members (excludes halogenated alkanes) is 1. The molecule has 1 aliphatic heterocycles. The molecule has 1 saturated heterocycles. The van der Waals surface area contributed by atoms with Gasteiger partial charge >= 0.3 is 0 Å². The molecule has 1 fully saturated rings. The van der Waals surface area contributed by atoms with E-state index in [1.165, 1.54) is 0 Å². The molecule has 0 N–H and O–H groups in total. The maximum atomic E-state index is 11.7. The van der Waals surface area contributed by atoms with Crippen LogP contribution in [0.15, 0.2) is 0 Å². The molecule has 1 aliphatic rings. The van der Waals surface area contributed by atoms with Crippen molar-refractivity contribution in [3.63, 3.8) is 0 Å². The average molecular weight is 258 g/mol. The SMILES string of the molecule is O=S(=O)(CCCCCl)N1CCSCC1. The second-order valence-corrected chi connectivity index (χ2v) is 6.91. The summed E-state index contributed by atoms with van der Waals surface area (Å²) in [5.41, 5.74) is 0. The van der Waals surface area contributed by atoms with Gasteiger partial charge in [0.2, 0.25) is 10.0 Å². The summed E-state index contributed by atoms with van der Waals surface area (Å²) in [7, 11) is -2.99. The van der Waals surface area contributed by atoms with Gasteiger partial charge in [-0.15, -0.1) is 11.6 Å². The van der Waals surface area contributed by atoms with Crippen molar-refractivity contribution in [2.45, 2.75) is 12.8 Å². The molecule has 84 valence electrons. The molecular formula is C8H16ClNO2S2. The molecule has 0 amide bonds. The zero-order chi connectivity index (χ0) is 10.4. The summed E-state index contributed by atoms with van der Waals surface area (Å²) in [6.07, 6.45) is 1.46. The van der Waals surface area contributed by atoms with Gasteiger partial charge in [-0.2, -0.15) is 11.8 Å². The summed E-state index contributed by atoms with van der Waals surface area (Å²) < 4.78 is 25.1. The van der Waals surface area contributed by atoms with E-state index in [0.29, 0.717) is 25.4 Å². The van der Waals surface area contributed by atoms with Crippen LogP contribution in [0.2, 0.25) is 0 Å². The van der Waals surface area contributed by atoms with Crippen molar-refractivity contribution < 1.29 is 8.42 Å². The van der Waals surface area contributed by atoms with Crippen molar-refractivity contribution in [3.8, 4) is 0 Å².